The zero-order chi connectivity index (χ0) is 10.1. The second-order valence-corrected chi connectivity index (χ2v) is 3.92. The van der Waals surface area contributed by atoms with Crippen LogP contribution in [-0.2, 0) is 12.8 Å². The molecule has 14 heavy (non-hydrogen) atoms. The van der Waals surface area contributed by atoms with E-state index < -0.39 is 0 Å². The van der Waals surface area contributed by atoms with Crippen molar-refractivity contribution in [1.29, 1.82) is 0 Å². The van der Waals surface area contributed by atoms with E-state index >= 15 is 0 Å². The minimum absolute atomic E-state index is 0.0778. The summed E-state index contributed by atoms with van der Waals surface area (Å²) in [6.07, 6.45) is 1.93. The summed E-state index contributed by atoms with van der Waals surface area (Å²) in [7, 11) is 0. The molecule has 2 nitrogen and oxygen atoms in total. The number of carbonyl (C=O) groups excluding carboxylic acids is 1. The van der Waals surface area contributed by atoms with Gasteiger partial charge in [0.15, 0.2) is 0 Å². The van der Waals surface area contributed by atoms with Gasteiger partial charge < -0.3 is 5.32 Å². The summed E-state index contributed by atoms with van der Waals surface area (Å²) in [6, 6.07) is 6.48. The van der Waals surface area contributed by atoms with Crippen molar-refractivity contribution in [2.24, 2.45) is 0 Å². The Hall–Kier alpha value is -1.31. The number of hydrogen-bond acceptors (Lipinski definition) is 1. The molecule has 0 aromatic heterocycles. The first-order valence-corrected chi connectivity index (χ1v) is 5.13. The normalized spacial score (nSPS) is 20.1. The topological polar surface area (TPSA) is 29.1 Å². The molecule has 1 aliphatic rings. The Morgan fingerprint density at radius 3 is 3.00 bits per heavy atom. The summed E-state index contributed by atoms with van der Waals surface area (Å²) < 4.78 is 0. The molecule has 0 fully saturated rings. The molecule has 2 heteroatoms. The van der Waals surface area contributed by atoms with Gasteiger partial charge in [-0.25, -0.2) is 0 Å². The lowest BCUT2D eigenvalue weighted by molar-refractivity contribution is 0.0929. The Balaban J connectivity index is 2.44. The molecule has 0 aliphatic carbocycles. The smallest absolute Gasteiger partial charge is 0.251 e. The molecule has 0 saturated heterocycles. The lowest BCUT2D eigenvalue weighted by Crippen LogP contribution is -2.39. The largest absolute Gasteiger partial charge is 0.349 e. The SMILES string of the molecule is CCc1ccc2c(c1)C(=O)NC(C)C2. The standard InChI is InChI=1S/C12H15NO/c1-3-9-4-5-10-6-8(2)13-12(14)11(10)7-9/h4-5,7-8H,3,6H2,1-2H3,(H,13,14). The van der Waals surface area contributed by atoms with Crippen molar-refractivity contribution in [2.75, 3.05) is 0 Å². The average molecular weight is 189 g/mol. The maximum absolute atomic E-state index is 11.7. The molecule has 0 bridgehead atoms. The molecular weight excluding hydrogens is 174 g/mol. The van der Waals surface area contributed by atoms with Gasteiger partial charge in [-0.3, -0.25) is 4.79 Å². The predicted molar refractivity (Wildman–Crippen MR) is 56.5 cm³/mol. The van der Waals surface area contributed by atoms with Gasteiger partial charge >= 0.3 is 0 Å². The fourth-order valence-corrected chi connectivity index (χ4v) is 1.92. The van der Waals surface area contributed by atoms with Gasteiger partial charge in [-0.15, -0.1) is 0 Å². The van der Waals surface area contributed by atoms with Crippen molar-refractivity contribution < 1.29 is 4.79 Å². The van der Waals surface area contributed by atoms with E-state index in [1.807, 2.05) is 13.0 Å². The third-order valence-electron chi connectivity index (χ3n) is 2.73. The maximum Gasteiger partial charge on any atom is 0.251 e. The number of fused-ring (bicyclic) bond motifs is 1. The Morgan fingerprint density at radius 1 is 1.50 bits per heavy atom. The highest BCUT2D eigenvalue weighted by Crippen LogP contribution is 2.18. The van der Waals surface area contributed by atoms with E-state index in [2.05, 4.69) is 24.4 Å². The van der Waals surface area contributed by atoms with Crippen LogP contribution in [0.25, 0.3) is 0 Å². The highest BCUT2D eigenvalue weighted by Gasteiger charge is 2.20. The molecule has 1 aromatic rings. The quantitative estimate of drug-likeness (QED) is 0.718. The Kier molecular flexibility index (Phi) is 2.28. The third-order valence-corrected chi connectivity index (χ3v) is 2.73. The second kappa shape index (κ2) is 3.45. The fraction of sp³-hybridized carbons (Fsp3) is 0.417. The summed E-state index contributed by atoms with van der Waals surface area (Å²) in [4.78, 5) is 11.7. The Bertz CT molecular complexity index is 371. The van der Waals surface area contributed by atoms with Crippen LogP contribution in [0.3, 0.4) is 0 Å². The van der Waals surface area contributed by atoms with Gasteiger partial charge in [0.1, 0.15) is 0 Å². The zero-order valence-electron chi connectivity index (χ0n) is 8.63. The molecule has 1 aliphatic heterocycles. The van der Waals surface area contributed by atoms with Crippen LogP contribution in [0.2, 0.25) is 0 Å². The van der Waals surface area contributed by atoms with E-state index in [0.717, 1.165) is 18.4 Å². The van der Waals surface area contributed by atoms with Crippen LogP contribution in [-0.4, -0.2) is 11.9 Å². The number of aryl methyl sites for hydroxylation is 1. The van der Waals surface area contributed by atoms with Crippen LogP contribution in [0.15, 0.2) is 18.2 Å². The van der Waals surface area contributed by atoms with E-state index in [0.29, 0.717) is 0 Å². The molecule has 0 spiro atoms. The highest BCUT2D eigenvalue weighted by atomic mass is 16.1. The summed E-state index contributed by atoms with van der Waals surface area (Å²) in [5.74, 6) is 0.0778. The first kappa shape index (κ1) is 9.25. The van der Waals surface area contributed by atoms with Gasteiger partial charge in [0.25, 0.3) is 5.91 Å². The van der Waals surface area contributed by atoms with E-state index in [4.69, 9.17) is 0 Å². The van der Waals surface area contributed by atoms with E-state index in [1.165, 1.54) is 11.1 Å². The van der Waals surface area contributed by atoms with Gasteiger partial charge in [-0.1, -0.05) is 19.1 Å². The summed E-state index contributed by atoms with van der Waals surface area (Å²) in [5, 5.41) is 2.95. The maximum atomic E-state index is 11.7. The molecule has 1 unspecified atom stereocenters. The van der Waals surface area contributed by atoms with Crippen molar-refractivity contribution in [2.45, 2.75) is 32.7 Å². The molecule has 1 aromatic carbocycles. The lowest BCUT2D eigenvalue weighted by Gasteiger charge is -2.22. The van der Waals surface area contributed by atoms with Gasteiger partial charge in [-0.05, 0) is 37.0 Å². The summed E-state index contributed by atoms with van der Waals surface area (Å²) >= 11 is 0. The number of amides is 1. The molecule has 74 valence electrons. The number of carbonyl (C=O) groups is 1. The molecular formula is C12H15NO. The Labute approximate surface area is 84.3 Å². The Morgan fingerprint density at radius 2 is 2.29 bits per heavy atom. The van der Waals surface area contributed by atoms with Crippen molar-refractivity contribution in [3.8, 4) is 0 Å². The van der Waals surface area contributed by atoms with Crippen LogP contribution in [0.4, 0.5) is 0 Å². The number of nitrogens with one attached hydrogen (secondary N) is 1. The summed E-state index contributed by atoms with van der Waals surface area (Å²) in [5.41, 5.74) is 3.27. The molecule has 0 radical (unpaired) electrons. The van der Waals surface area contributed by atoms with Crippen LogP contribution in [0, 0.1) is 0 Å². The highest BCUT2D eigenvalue weighted by molar-refractivity contribution is 5.97. The first-order chi connectivity index (χ1) is 6.70. The second-order valence-electron chi connectivity index (χ2n) is 3.92. The minimum atomic E-state index is 0.0778. The monoisotopic (exact) mass is 189 g/mol. The lowest BCUT2D eigenvalue weighted by atomic mass is 9.94. The van der Waals surface area contributed by atoms with Crippen LogP contribution in [0.5, 0.6) is 0 Å². The van der Waals surface area contributed by atoms with E-state index in [-0.39, 0.29) is 11.9 Å². The number of hydrogen-bond donors (Lipinski definition) is 1. The molecule has 1 N–H and O–H groups in total. The van der Waals surface area contributed by atoms with Crippen LogP contribution in [0.1, 0.15) is 35.3 Å². The zero-order valence-corrected chi connectivity index (χ0v) is 8.63. The molecule has 2 rings (SSSR count). The van der Waals surface area contributed by atoms with Gasteiger partial charge in [0.2, 0.25) is 0 Å². The molecule has 1 atom stereocenters. The van der Waals surface area contributed by atoms with Crippen molar-refractivity contribution in [3.63, 3.8) is 0 Å². The van der Waals surface area contributed by atoms with E-state index in [9.17, 15) is 4.79 Å². The van der Waals surface area contributed by atoms with Crippen molar-refractivity contribution in [3.05, 3.63) is 34.9 Å². The van der Waals surface area contributed by atoms with Gasteiger partial charge in [0, 0.05) is 11.6 Å². The predicted octanol–water partition coefficient (Wildman–Crippen LogP) is 1.92. The van der Waals surface area contributed by atoms with Crippen molar-refractivity contribution in [1.82, 2.24) is 5.32 Å². The average Bonchev–Trinajstić information content (AvgIpc) is 2.17. The first-order valence-electron chi connectivity index (χ1n) is 5.13. The van der Waals surface area contributed by atoms with Crippen LogP contribution >= 0.6 is 0 Å². The van der Waals surface area contributed by atoms with E-state index in [1.54, 1.807) is 0 Å². The summed E-state index contributed by atoms with van der Waals surface area (Å²) in [6.45, 7) is 4.14. The number of rotatable bonds is 1. The fourth-order valence-electron chi connectivity index (χ4n) is 1.92. The van der Waals surface area contributed by atoms with Gasteiger partial charge in [0.05, 0.1) is 0 Å². The molecule has 1 amide bonds. The minimum Gasteiger partial charge on any atom is -0.349 e. The van der Waals surface area contributed by atoms with Crippen molar-refractivity contribution >= 4 is 5.91 Å². The number of benzene rings is 1. The van der Waals surface area contributed by atoms with Gasteiger partial charge in [-0.2, -0.15) is 0 Å². The molecule has 0 saturated carbocycles. The molecule has 1 heterocycles. The van der Waals surface area contributed by atoms with Crippen LogP contribution < -0.4 is 5.32 Å². The third kappa shape index (κ3) is 1.52.